The second-order valence-corrected chi connectivity index (χ2v) is 12.6. The van der Waals surface area contributed by atoms with Gasteiger partial charge in [0.1, 0.15) is 0 Å². The maximum atomic E-state index is 2.38. The molecule has 3 nitrogen and oxygen atoms in total. The van der Waals surface area contributed by atoms with Crippen LogP contribution < -0.4 is 13.2 Å². The fourth-order valence-corrected chi connectivity index (χ4v) is 7.43. The monoisotopic (exact) mass is 612 g/mol. The highest BCUT2D eigenvalue weighted by molar-refractivity contribution is 6.04. The standard InChI is InChI=1S/C45H30N3/c1-4-19-46-28-43-31(25-37(46)13-1)10-7-16-40(43)34-22-35(41-17-8-11-32-26-38-14-2-5-20-47(38)29-44(32)41)24-36(23-34)42-18-9-12-33-27-39-15-3-6-21-48(39)30-45(33)42/h1-30H/q+3. The van der Waals surface area contributed by atoms with Gasteiger partial charge >= 0.3 is 0 Å². The summed E-state index contributed by atoms with van der Waals surface area (Å²) in [7, 11) is 0. The van der Waals surface area contributed by atoms with Gasteiger partial charge in [-0.05, 0) is 85.9 Å². The summed E-state index contributed by atoms with van der Waals surface area (Å²) >= 11 is 0. The highest BCUT2D eigenvalue weighted by Gasteiger charge is 2.17. The van der Waals surface area contributed by atoms with Crippen molar-refractivity contribution in [3.63, 3.8) is 0 Å². The Morgan fingerprint density at radius 1 is 0.292 bits per heavy atom. The van der Waals surface area contributed by atoms with Crippen LogP contribution in [0, 0.1) is 0 Å². The van der Waals surface area contributed by atoms with Crippen molar-refractivity contribution in [1.29, 1.82) is 0 Å². The smallest absolute Gasteiger partial charge is 0.167 e. The average Bonchev–Trinajstić information content (AvgIpc) is 3.14. The number of pyridine rings is 6. The minimum atomic E-state index is 1.18. The molecule has 0 radical (unpaired) electrons. The van der Waals surface area contributed by atoms with Crippen LogP contribution in [0.1, 0.15) is 0 Å². The molecule has 0 N–H and O–H groups in total. The number of rotatable bonds is 3. The average molecular weight is 613 g/mol. The van der Waals surface area contributed by atoms with E-state index in [4.69, 9.17) is 0 Å². The van der Waals surface area contributed by atoms with Gasteiger partial charge in [-0.1, -0.05) is 54.6 Å². The highest BCUT2D eigenvalue weighted by Crippen LogP contribution is 2.39. The van der Waals surface area contributed by atoms with Gasteiger partial charge in [0.05, 0.1) is 16.2 Å². The third-order valence-electron chi connectivity index (χ3n) is 9.77. The molecule has 4 aromatic carbocycles. The molecule has 0 fully saturated rings. The van der Waals surface area contributed by atoms with E-state index in [0.29, 0.717) is 0 Å². The fourth-order valence-electron chi connectivity index (χ4n) is 7.43. The van der Waals surface area contributed by atoms with Gasteiger partial charge in [0, 0.05) is 54.6 Å². The van der Waals surface area contributed by atoms with Crippen LogP contribution in [0.2, 0.25) is 0 Å². The molecule has 6 heterocycles. The fraction of sp³-hybridized carbons (Fsp3) is 0. The lowest BCUT2D eigenvalue weighted by Gasteiger charge is -2.14. The molecule has 222 valence electrons. The predicted octanol–water partition coefficient (Wildman–Crippen LogP) is 9.36. The number of hydrogen-bond donors (Lipinski definition) is 0. The molecule has 10 rings (SSSR count). The van der Waals surface area contributed by atoms with E-state index in [2.05, 4.69) is 196 Å². The van der Waals surface area contributed by atoms with E-state index >= 15 is 0 Å². The third kappa shape index (κ3) is 4.33. The van der Waals surface area contributed by atoms with Crippen molar-refractivity contribution < 1.29 is 13.2 Å². The molecule has 0 aliphatic carbocycles. The van der Waals surface area contributed by atoms with Gasteiger partial charge in [-0.2, -0.15) is 13.2 Å². The Labute approximate surface area is 277 Å². The lowest BCUT2D eigenvalue weighted by Crippen LogP contribution is -2.20. The van der Waals surface area contributed by atoms with Crippen LogP contribution in [0.4, 0.5) is 0 Å². The first kappa shape index (κ1) is 26.7. The summed E-state index contributed by atoms with van der Waals surface area (Å²) in [6.45, 7) is 0. The molecule has 48 heavy (non-hydrogen) atoms. The van der Waals surface area contributed by atoms with E-state index in [0.717, 1.165) is 0 Å². The van der Waals surface area contributed by atoms with E-state index in [9.17, 15) is 0 Å². The highest BCUT2D eigenvalue weighted by atomic mass is 14.8. The summed E-state index contributed by atoms with van der Waals surface area (Å²) in [5.41, 5.74) is 10.8. The van der Waals surface area contributed by atoms with E-state index in [1.165, 1.54) is 82.2 Å². The molecule has 3 heteroatoms. The Morgan fingerprint density at radius 3 is 0.958 bits per heavy atom. The molecule has 0 spiro atoms. The van der Waals surface area contributed by atoms with Gasteiger partial charge in [-0.3, -0.25) is 0 Å². The van der Waals surface area contributed by atoms with Crippen LogP contribution in [0.5, 0.6) is 0 Å². The molecular weight excluding hydrogens is 583 g/mol. The molecule has 0 unspecified atom stereocenters. The van der Waals surface area contributed by atoms with Crippen LogP contribution in [0.3, 0.4) is 0 Å². The number of benzene rings is 4. The first-order valence-electron chi connectivity index (χ1n) is 16.4. The van der Waals surface area contributed by atoms with Gasteiger partial charge in [0.15, 0.2) is 37.2 Å². The third-order valence-corrected chi connectivity index (χ3v) is 9.77. The van der Waals surface area contributed by atoms with Gasteiger partial charge in [0.2, 0.25) is 16.6 Å². The molecule has 0 bridgehead atoms. The van der Waals surface area contributed by atoms with E-state index < -0.39 is 0 Å². The van der Waals surface area contributed by atoms with E-state index in [-0.39, 0.29) is 0 Å². The molecule has 0 saturated carbocycles. The summed E-state index contributed by atoms with van der Waals surface area (Å²) < 4.78 is 6.66. The van der Waals surface area contributed by atoms with Crippen molar-refractivity contribution in [2.45, 2.75) is 0 Å². The van der Waals surface area contributed by atoms with Gasteiger partial charge in [0.25, 0.3) is 0 Å². The molecule has 6 aromatic heterocycles. The number of fused-ring (bicyclic) bond motifs is 6. The number of nitrogens with zero attached hydrogens (tertiary/aromatic N) is 3. The van der Waals surface area contributed by atoms with E-state index in [1.54, 1.807) is 0 Å². The first-order valence-corrected chi connectivity index (χ1v) is 16.4. The van der Waals surface area contributed by atoms with Crippen LogP contribution in [0.15, 0.2) is 183 Å². The topological polar surface area (TPSA) is 12.3 Å². The summed E-state index contributed by atoms with van der Waals surface area (Å²) in [6.07, 6.45) is 13.2. The molecule has 10 aromatic rings. The summed E-state index contributed by atoms with van der Waals surface area (Å²) in [5.74, 6) is 0. The van der Waals surface area contributed by atoms with Crippen LogP contribution in [0.25, 0.3) is 82.2 Å². The van der Waals surface area contributed by atoms with Crippen molar-refractivity contribution in [3.05, 3.63) is 183 Å². The van der Waals surface area contributed by atoms with Crippen LogP contribution in [-0.4, -0.2) is 0 Å². The first-order chi connectivity index (χ1) is 23.7. The zero-order valence-electron chi connectivity index (χ0n) is 26.2. The lowest BCUT2D eigenvalue weighted by atomic mass is 9.89. The number of aromatic nitrogens is 3. The Balaban J connectivity index is 1.28. The second-order valence-electron chi connectivity index (χ2n) is 12.6. The van der Waals surface area contributed by atoms with Crippen LogP contribution in [-0.2, 0) is 0 Å². The molecule has 0 aliphatic rings. The van der Waals surface area contributed by atoms with E-state index in [1.807, 2.05) is 0 Å². The predicted molar refractivity (Wildman–Crippen MR) is 195 cm³/mol. The Hall–Kier alpha value is -6.45. The van der Waals surface area contributed by atoms with Crippen molar-refractivity contribution in [1.82, 2.24) is 0 Å². The molecule has 0 aliphatic heterocycles. The normalized spacial score (nSPS) is 11.8. The second kappa shape index (κ2) is 10.5. The van der Waals surface area contributed by atoms with Crippen LogP contribution >= 0.6 is 0 Å². The van der Waals surface area contributed by atoms with Crippen molar-refractivity contribution in [2.24, 2.45) is 0 Å². The summed E-state index contributed by atoms with van der Waals surface area (Å²) in [5, 5.41) is 7.36. The molecular formula is C45H30N3+3. The molecule has 0 saturated heterocycles. The minimum Gasteiger partial charge on any atom is -0.167 e. The van der Waals surface area contributed by atoms with Gasteiger partial charge < -0.3 is 0 Å². The lowest BCUT2D eigenvalue weighted by molar-refractivity contribution is -0.510. The SMILES string of the molecule is c1cc(-c2cc(-c3cccc4cc5cccc[n+]5cc34)cc(-c3cccc4cc5cccc[n+]5cc34)c2)c2c[n+]3ccccc3cc2c1. The maximum Gasteiger partial charge on any atom is 0.211 e. The zero-order valence-corrected chi connectivity index (χ0v) is 26.2. The zero-order chi connectivity index (χ0) is 31.6. The molecule has 0 atom stereocenters. The minimum absolute atomic E-state index is 1.18. The summed E-state index contributed by atoms with van der Waals surface area (Å²) in [6, 6.07) is 53.0. The quantitative estimate of drug-likeness (QED) is 0.139. The molecule has 0 amide bonds. The van der Waals surface area contributed by atoms with Gasteiger partial charge in [-0.25, -0.2) is 0 Å². The Morgan fingerprint density at radius 2 is 0.625 bits per heavy atom. The van der Waals surface area contributed by atoms with Crippen molar-refractivity contribution in [2.75, 3.05) is 0 Å². The Bertz CT molecular complexity index is 2580. The maximum absolute atomic E-state index is 2.38. The van der Waals surface area contributed by atoms with Crippen molar-refractivity contribution in [3.8, 4) is 33.4 Å². The van der Waals surface area contributed by atoms with Crippen molar-refractivity contribution >= 4 is 48.9 Å². The number of hydrogen-bond acceptors (Lipinski definition) is 0. The van der Waals surface area contributed by atoms with Gasteiger partial charge in [-0.15, -0.1) is 0 Å². The summed E-state index contributed by atoms with van der Waals surface area (Å²) in [4.78, 5) is 0. The Kier molecular flexibility index (Phi) is 5.87. The largest absolute Gasteiger partial charge is 0.211 e.